The van der Waals surface area contributed by atoms with Crippen molar-refractivity contribution >= 4 is 0 Å². The van der Waals surface area contributed by atoms with Crippen LogP contribution in [-0.4, -0.2) is 12.2 Å². The van der Waals surface area contributed by atoms with Gasteiger partial charge in [-0.25, -0.2) is 4.39 Å². The first-order chi connectivity index (χ1) is 8.11. The second-order valence-electron chi connectivity index (χ2n) is 3.85. The molecule has 0 fully saturated rings. The van der Waals surface area contributed by atoms with Crippen molar-refractivity contribution < 1.29 is 14.2 Å². The Morgan fingerprint density at radius 3 is 2.53 bits per heavy atom. The third-order valence-corrected chi connectivity index (χ3v) is 2.67. The van der Waals surface area contributed by atoms with E-state index in [0.29, 0.717) is 16.9 Å². The minimum Gasteiger partial charge on any atom is -0.507 e. The third kappa shape index (κ3) is 2.23. The van der Waals surface area contributed by atoms with Gasteiger partial charge < -0.3 is 9.84 Å². The number of benzene rings is 2. The first kappa shape index (κ1) is 11.5. The molecule has 1 N–H and O–H groups in total. The highest BCUT2D eigenvalue weighted by molar-refractivity contribution is 5.72. The lowest BCUT2D eigenvalue weighted by Crippen LogP contribution is -1.87. The summed E-state index contributed by atoms with van der Waals surface area (Å²) < 4.78 is 18.3. The number of methoxy groups -OCH3 is 1. The molecule has 0 aliphatic heterocycles. The number of aryl methyl sites for hydroxylation is 1. The second kappa shape index (κ2) is 4.45. The maximum absolute atomic E-state index is 13.2. The minimum atomic E-state index is -0.254. The molecule has 0 radical (unpaired) electrons. The highest BCUT2D eigenvalue weighted by Crippen LogP contribution is 2.33. The van der Waals surface area contributed by atoms with Crippen LogP contribution in [0.3, 0.4) is 0 Å². The molecule has 0 unspecified atom stereocenters. The first-order valence-corrected chi connectivity index (χ1v) is 5.25. The van der Waals surface area contributed by atoms with E-state index < -0.39 is 0 Å². The third-order valence-electron chi connectivity index (χ3n) is 2.67. The summed E-state index contributed by atoms with van der Waals surface area (Å²) in [4.78, 5) is 0. The average Bonchev–Trinajstić information content (AvgIpc) is 2.33. The summed E-state index contributed by atoms with van der Waals surface area (Å²) in [5.41, 5.74) is 1.94. The number of aromatic hydroxyl groups is 1. The summed E-state index contributed by atoms with van der Waals surface area (Å²) in [5.74, 6) is 0.549. The van der Waals surface area contributed by atoms with E-state index >= 15 is 0 Å². The predicted molar refractivity (Wildman–Crippen MR) is 64.8 cm³/mol. The molecule has 0 saturated carbocycles. The molecule has 2 aromatic carbocycles. The lowest BCUT2D eigenvalue weighted by molar-refractivity contribution is 0.412. The normalized spacial score (nSPS) is 10.3. The number of halogens is 1. The molecule has 0 atom stereocenters. The zero-order chi connectivity index (χ0) is 12.4. The zero-order valence-corrected chi connectivity index (χ0v) is 9.70. The molecule has 0 spiro atoms. The Morgan fingerprint density at radius 2 is 1.88 bits per heavy atom. The van der Waals surface area contributed by atoms with Crippen LogP contribution in [0.25, 0.3) is 11.1 Å². The summed E-state index contributed by atoms with van der Waals surface area (Å²) in [6.45, 7) is 1.69. The summed E-state index contributed by atoms with van der Waals surface area (Å²) in [7, 11) is 1.56. The van der Waals surface area contributed by atoms with Crippen molar-refractivity contribution in [1.82, 2.24) is 0 Å². The van der Waals surface area contributed by atoms with E-state index in [1.807, 2.05) is 0 Å². The van der Waals surface area contributed by atoms with Crippen LogP contribution >= 0.6 is 0 Å². The second-order valence-corrected chi connectivity index (χ2v) is 3.85. The van der Waals surface area contributed by atoms with E-state index in [1.54, 1.807) is 44.4 Å². The van der Waals surface area contributed by atoms with Gasteiger partial charge in [-0.1, -0.05) is 6.07 Å². The molecule has 0 amide bonds. The molecule has 2 nitrogen and oxygen atoms in total. The van der Waals surface area contributed by atoms with Crippen LogP contribution in [0.5, 0.6) is 11.5 Å². The van der Waals surface area contributed by atoms with Gasteiger partial charge in [0.2, 0.25) is 0 Å². The molecule has 0 aliphatic carbocycles. The number of phenolic OH excluding ortho intramolecular Hbond substituents is 1. The van der Waals surface area contributed by atoms with Crippen LogP contribution in [0, 0.1) is 12.7 Å². The molecule has 88 valence electrons. The van der Waals surface area contributed by atoms with Crippen molar-refractivity contribution in [1.29, 1.82) is 0 Å². The molecule has 0 saturated heterocycles. The molecule has 0 bridgehead atoms. The predicted octanol–water partition coefficient (Wildman–Crippen LogP) is 3.52. The van der Waals surface area contributed by atoms with Gasteiger partial charge in [-0.2, -0.15) is 0 Å². The SMILES string of the molecule is COc1ccc(O)c(-c2ccc(F)c(C)c2)c1. The van der Waals surface area contributed by atoms with Crippen LogP contribution in [0.1, 0.15) is 5.56 Å². The number of hydrogen-bond donors (Lipinski definition) is 1. The Kier molecular flexibility index (Phi) is 3.00. The van der Waals surface area contributed by atoms with E-state index in [4.69, 9.17) is 4.74 Å². The number of ether oxygens (including phenoxy) is 1. The maximum atomic E-state index is 13.2. The van der Waals surface area contributed by atoms with E-state index in [1.165, 1.54) is 6.07 Å². The van der Waals surface area contributed by atoms with Gasteiger partial charge in [0.25, 0.3) is 0 Å². The van der Waals surface area contributed by atoms with E-state index in [9.17, 15) is 9.50 Å². The van der Waals surface area contributed by atoms with E-state index in [0.717, 1.165) is 5.56 Å². The minimum absolute atomic E-state index is 0.150. The Hall–Kier alpha value is -2.03. The lowest BCUT2D eigenvalue weighted by Gasteiger charge is -2.08. The molecular weight excluding hydrogens is 219 g/mol. The molecule has 2 aromatic rings. The van der Waals surface area contributed by atoms with E-state index in [2.05, 4.69) is 0 Å². The van der Waals surface area contributed by atoms with E-state index in [-0.39, 0.29) is 11.6 Å². The van der Waals surface area contributed by atoms with Crippen LogP contribution < -0.4 is 4.74 Å². The van der Waals surface area contributed by atoms with Crippen molar-refractivity contribution in [2.75, 3.05) is 7.11 Å². The maximum Gasteiger partial charge on any atom is 0.126 e. The van der Waals surface area contributed by atoms with Gasteiger partial charge in [0, 0.05) is 5.56 Å². The molecule has 2 rings (SSSR count). The highest BCUT2D eigenvalue weighted by Gasteiger charge is 2.07. The quantitative estimate of drug-likeness (QED) is 0.858. The van der Waals surface area contributed by atoms with Crippen LogP contribution in [0.2, 0.25) is 0 Å². The van der Waals surface area contributed by atoms with Crippen molar-refractivity contribution in [2.45, 2.75) is 6.92 Å². The monoisotopic (exact) mass is 232 g/mol. The number of hydrogen-bond acceptors (Lipinski definition) is 2. The van der Waals surface area contributed by atoms with Crippen LogP contribution in [-0.2, 0) is 0 Å². The number of rotatable bonds is 2. The summed E-state index contributed by atoms with van der Waals surface area (Å²) in [6, 6.07) is 9.69. The Morgan fingerprint density at radius 1 is 1.12 bits per heavy atom. The lowest BCUT2D eigenvalue weighted by atomic mass is 10.0. The standard InChI is InChI=1S/C14H13FO2/c1-9-7-10(3-5-13(9)15)12-8-11(17-2)4-6-14(12)16/h3-8,16H,1-2H3. The fourth-order valence-corrected chi connectivity index (χ4v) is 1.69. The smallest absolute Gasteiger partial charge is 0.126 e. The molecular formula is C14H13FO2. The van der Waals surface area contributed by atoms with Crippen molar-refractivity contribution in [3.8, 4) is 22.6 Å². The summed E-state index contributed by atoms with van der Waals surface area (Å²) >= 11 is 0. The zero-order valence-electron chi connectivity index (χ0n) is 9.70. The average molecular weight is 232 g/mol. The Labute approximate surface area is 99.3 Å². The first-order valence-electron chi connectivity index (χ1n) is 5.25. The van der Waals surface area contributed by atoms with Crippen LogP contribution in [0.15, 0.2) is 36.4 Å². The van der Waals surface area contributed by atoms with Crippen molar-refractivity contribution in [3.63, 3.8) is 0 Å². The number of phenols is 1. The molecule has 3 heteroatoms. The van der Waals surface area contributed by atoms with Gasteiger partial charge in [-0.3, -0.25) is 0 Å². The molecule has 0 heterocycles. The van der Waals surface area contributed by atoms with Crippen molar-refractivity contribution in [2.24, 2.45) is 0 Å². The highest BCUT2D eigenvalue weighted by atomic mass is 19.1. The fourth-order valence-electron chi connectivity index (χ4n) is 1.69. The van der Waals surface area contributed by atoms with Gasteiger partial charge in [0.05, 0.1) is 7.11 Å². The van der Waals surface area contributed by atoms with Crippen molar-refractivity contribution in [3.05, 3.63) is 47.8 Å². The Bertz CT molecular complexity index is 550. The van der Waals surface area contributed by atoms with Gasteiger partial charge in [-0.05, 0) is 48.4 Å². The summed E-state index contributed by atoms with van der Waals surface area (Å²) in [6.07, 6.45) is 0. The molecule has 17 heavy (non-hydrogen) atoms. The molecule has 0 aromatic heterocycles. The molecule has 0 aliphatic rings. The van der Waals surface area contributed by atoms with Gasteiger partial charge in [-0.15, -0.1) is 0 Å². The van der Waals surface area contributed by atoms with Crippen LogP contribution in [0.4, 0.5) is 4.39 Å². The van der Waals surface area contributed by atoms with Gasteiger partial charge in [0.15, 0.2) is 0 Å². The largest absolute Gasteiger partial charge is 0.507 e. The topological polar surface area (TPSA) is 29.5 Å². The fraction of sp³-hybridized carbons (Fsp3) is 0.143. The summed E-state index contributed by atoms with van der Waals surface area (Å²) in [5, 5.41) is 9.79. The van der Waals surface area contributed by atoms with Gasteiger partial charge >= 0.3 is 0 Å². The Balaban J connectivity index is 2.55. The van der Waals surface area contributed by atoms with Gasteiger partial charge in [0.1, 0.15) is 17.3 Å².